The number of hydrogen-bond acceptors (Lipinski definition) is 2. The van der Waals surface area contributed by atoms with Crippen molar-refractivity contribution in [2.45, 2.75) is 26.2 Å². The van der Waals surface area contributed by atoms with Crippen molar-refractivity contribution < 1.29 is 9.53 Å². The lowest BCUT2D eigenvalue weighted by atomic mass is 10.1. The molecule has 0 fully saturated rings. The number of hydrogen-bond donors (Lipinski definition) is 1. The molecule has 0 atom stereocenters. The lowest BCUT2D eigenvalue weighted by Gasteiger charge is -2.08. The van der Waals surface area contributed by atoms with Gasteiger partial charge in [0.1, 0.15) is 12.4 Å². The summed E-state index contributed by atoms with van der Waals surface area (Å²) in [6.45, 7) is 3.15. The normalized spacial score (nSPS) is 10.2. The van der Waals surface area contributed by atoms with E-state index >= 15 is 0 Å². The fourth-order valence-corrected chi connectivity index (χ4v) is 2.17. The summed E-state index contributed by atoms with van der Waals surface area (Å²) in [7, 11) is 0. The molecule has 0 saturated heterocycles. The third kappa shape index (κ3) is 5.60. The Hall–Kier alpha value is -2.29. The molecule has 0 unspecified atom stereocenters. The Morgan fingerprint density at radius 1 is 1.00 bits per heavy atom. The van der Waals surface area contributed by atoms with Crippen LogP contribution in [0.1, 0.15) is 24.5 Å². The van der Waals surface area contributed by atoms with Crippen LogP contribution in [0.4, 0.5) is 0 Å². The smallest absolute Gasteiger partial charge is 0.220 e. The van der Waals surface area contributed by atoms with E-state index in [1.165, 1.54) is 11.1 Å². The molecule has 0 bridgehead atoms. The van der Waals surface area contributed by atoms with Gasteiger partial charge in [0.25, 0.3) is 0 Å². The van der Waals surface area contributed by atoms with E-state index in [0.29, 0.717) is 19.6 Å². The molecule has 0 heterocycles. The summed E-state index contributed by atoms with van der Waals surface area (Å²) in [6, 6.07) is 18.1. The lowest BCUT2D eigenvalue weighted by molar-refractivity contribution is -0.121. The van der Waals surface area contributed by atoms with Crippen molar-refractivity contribution in [3.8, 4) is 5.75 Å². The number of carbonyl (C=O) groups excluding carboxylic acids is 1. The number of nitrogens with one attached hydrogen (secondary N) is 1. The molecule has 2 aromatic carbocycles. The molecule has 116 valence electrons. The van der Waals surface area contributed by atoms with Gasteiger partial charge in [0.2, 0.25) is 5.91 Å². The molecule has 2 aromatic rings. The SMILES string of the molecule is CCc1ccc(OCCNC(=O)CCc2ccccc2)cc1. The molecule has 0 aliphatic carbocycles. The Morgan fingerprint density at radius 3 is 2.41 bits per heavy atom. The Bertz CT molecular complexity index is 564. The zero-order chi connectivity index (χ0) is 15.6. The van der Waals surface area contributed by atoms with E-state index < -0.39 is 0 Å². The highest BCUT2D eigenvalue weighted by Crippen LogP contribution is 2.12. The summed E-state index contributed by atoms with van der Waals surface area (Å²) in [4.78, 5) is 11.7. The largest absolute Gasteiger partial charge is 0.492 e. The van der Waals surface area contributed by atoms with Gasteiger partial charge in [-0.2, -0.15) is 0 Å². The maximum Gasteiger partial charge on any atom is 0.220 e. The minimum absolute atomic E-state index is 0.0637. The van der Waals surface area contributed by atoms with Crippen molar-refractivity contribution in [1.29, 1.82) is 0 Å². The van der Waals surface area contributed by atoms with Gasteiger partial charge in [0, 0.05) is 6.42 Å². The minimum atomic E-state index is 0.0637. The van der Waals surface area contributed by atoms with Crippen molar-refractivity contribution in [1.82, 2.24) is 5.32 Å². The summed E-state index contributed by atoms with van der Waals surface area (Å²) in [5, 5.41) is 2.88. The fraction of sp³-hybridized carbons (Fsp3) is 0.316. The second kappa shape index (κ2) is 8.88. The molecule has 1 amide bonds. The molecular formula is C19H23NO2. The van der Waals surface area contributed by atoms with Gasteiger partial charge in [-0.3, -0.25) is 4.79 Å². The highest BCUT2D eigenvalue weighted by atomic mass is 16.5. The highest BCUT2D eigenvalue weighted by molar-refractivity contribution is 5.76. The summed E-state index contributed by atoms with van der Waals surface area (Å²) in [5.41, 5.74) is 2.48. The molecule has 0 aromatic heterocycles. The third-order valence-corrected chi connectivity index (χ3v) is 3.51. The predicted octanol–water partition coefficient (Wildman–Crippen LogP) is 3.38. The van der Waals surface area contributed by atoms with Crippen molar-refractivity contribution >= 4 is 5.91 Å². The van der Waals surface area contributed by atoms with Crippen LogP contribution in [-0.4, -0.2) is 19.1 Å². The van der Waals surface area contributed by atoms with Crippen LogP contribution in [0.25, 0.3) is 0 Å². The van der Waals surface area contributed by atoms with Crippen LogP contribution >= 0.6 is 0 Å². The van der Waals surface area contributed by atoms with Gasteiger partial charge in [-0.15, -0.1) is 0 Å². The lowest BCUT2D eigenvalue weighted by Crippen LogP contribution is -2.28. The number of rotatable bonds is 8. The second-order valence-corrected chi connectivity index (χ2v) is 5.18. The number of benzene rings is 2. The molecule has 22 heavy (non-hydrogen) atoms. The van der Waals surface area contributed by atoms with Crippen molar-refractivity contribution in [2.75, 3.05) is 13.2 Å². The Labute approximate surface area is 132 Å². The average Bonchev–Trinajstić information content (AvgIpc) is 2.58. The fourth-order valence-electron chi connectivity index (χ4n) is 2.17. The minimum Gasteiger partial charge on any atom is -0.492 e. The van der Waals surface area contributed by atoms with Gasteiger partial charge in [-0.25, -0.2) is 0 Å². The third-order valence-electron chi connectivity index (χ3n) is 3.51. The first-order valence-electron chi connectivity index (χ1n) is 7.80. The average molecular weight is 297 g/mol. The van der Waals surface area contributed by atoms with E-state index in [2.05, 4.69) is 24.4 Å². The van der Waals surface area contributed by atoms with Crippen molar-refractivity contribution in [3.05, 3.63) is 65.7 Å². The van der Waals surface area contributed by atoms with E-state index in [0.717, 1.165) is 18.6 Å². The van der Waals surface area contributed by atoms with Crippen LogP contribution in [-0.2, 0) is 17.6 Å². The Balaban J connectivity index is 1.60. The Kier molecular flexibility index (Phi) is 6.49. The van der Waals surface area contributed by atoms with Crippen LogP contribution in [0.2, 0.25) is 0 Å². The van der Waals surface area contributed by atoms with Crippen LogP contribution in [0.15, 0.2) is 54.6 Å². The zero-order valence-electron chi connectivity index (χ0n) is 13.0. The van der Waals surface area contributed by atoms with E-state index in [1.54, 1.807) is 0 Å². The summed E-state index contributed by atoms with van der Waals surface area (Å²) in [5.74, 6) is 0.907. The molecule has 3 heteroatoms. The first kappa shape index (κ1) is 16.1. The van der Waals surface area contributed by atoms with E-state index in [1.807, 2.05) is 42.5 Å². The molecule has 0 saturated carbocycles. The van der Waals surface area contributed by atoms with Gasteiger partial charge in [-0.05, 0) is 36.1 Å². The molecule has 0 aliphatic heterocycles. The van der Waals surface area contributed by atoms with Crippen LogP contribution in [0, 0.1) is 0 Å². The van der Waals surface area contributed by atoms with E-state index in [9.17, 15) is 4.79 Å². The molecule has 0 aliphatic rings. The van der Waals surface area contributed by atoms with Gasteiger partial charge in [0.15, 0.2) is 0 Å². The predicted molar refractivity (Wildman–Crippen MR) is 89.1 cm³/mol. The van der Waals surface area contributed by atoms with Gasteiger partial charge in [-0.1, -0.05) is 49.4 Å². The van der Waals surface area contributed by atoms with Crippen molar-refractivity contribution in [2.24, 2.45) is 0 Å². The standard InChI is InChI=1S/C19H23NO2/c1-2-16-8-11-18(12-9-16)22-15-14-20-19(21)13-10-17-6-4-3-5-7-17/h3-9,11-12H,2,10,13-15H2,1H3,(H,20,21). The molecule has 3 nitrogen and oxygen atoms in total. The molecule has 0 spiro atoms. The van der Waals surface area contributed by atoms with Gasteiger partial charge >= 0.3 is 0 Å². The van der Waals surface area contributed by atoms with Crippen LogP contribution < -0.4 is 10.1 Å². The van der Waals surface area contributed by atoms with Gasteiger partial charge < -0.3 is 10.1 Å². The summed E-state index contributed by atoms with van der Waals surface area (Å²) < 4.78 is 5.60. The number of ether oxygens (including phenoxy) is 1. The second-order valence-electron chi connectivity index (χ2n) is 5.18. The van der Waals surface area contributed by atoms with E-state index in [-0.39, 0.29) is 5.91 Å². The topological polar surface area (TPSA) is 38.3 Å². The van der Waals surface area contributed by atoms with Crippen molar-refractivity contribution in [3.63, 3.8) is 0 Å². The number of carbonyl (C=O) groups is 1. The van der Waals surface area contributed by atoms with Crippen LogP contribution in [0.3, 0.4) is 0 Å². The first-order valence-corrected chi connectivity index (χ1v) is 7.80. The maximum atomic E-state index is 11.7. The Morgan fingerprint density at radius 2 is 1.73 bits per heavy atom. The van der Waals surface area contributed by atoms with Crippen LogP contribution in [0.5, 0.6) is 5.75 Å². The summed E-state index contributed by atoms with van der Waals surface area (Å²) >= 11 is 0. The monoisotopic (exact) mass is 297 g/mol. The number of amides is 1. The first-order chi connectivity index (χ1) is 10.8. The van der Waals surface area contributed by atoms with Gasteiger partial charge in [0.05, 0.1) is 6.54 Å². The van der Waals surface area contributed by atoms with E-state index in [4.69, 9.17) is 4.74 Å². The number of aryl methyl sites for hydroxylation is 2. The quantitative estimate of drug-likeness (QED) is 0.759. The summed E-state index contributed by atoms with van der Waals surface area (Å²) in [6.07, 6.45) is 2.30. The molecule has 2 rings (SSSR count). The highest BCUT2D eigenvalue weighted by Gasteiger charge is 2.02. The zero-order valence-corrected chi connectivity index (χ0v) is 13.0. The maximum absolute atomic E-state index is 11.7. The molecule has 1 N–H and O–H groups in total. The molecule has 0 radical (unpaired) electrons. The molecular weight excluding hydrogens is 274 g/mol.